The largest absolute Gasteiger partial charge is 0.510 e. The van der Waals surface area contributed by atoms with Crippen LogP contribution < -0.4 is 5.73 Å². The van der Waals surface area contributed by atoms with Crippen molar-refractivity contribution in [2.75, 3.05) is 14.1 Å². The quantitative estimate of drug-likeness (QED) is 0.395. The van der Waals surface area contributed by atoms with Crippen molar-refractivity contribution in [2.24, 2.45) is 17.6 Å². The number of phenols is 1. The number of benzene rings is 1. The van der Waals surface area contributed by atoms with E-state index in [0.717, 1.165) is 0 Å². The minimum Gasteiger partial charge on any atom is -0.510 e. The van der Waals surface area contributed by atoms with E-state index in [2.05, 4.69) is 0 Å². The molecule has 0 fully saturated rings. The van der Waals surface area contributed by atoms with Gasteiger partial charge in [-0.05, 0) is 31.6 Å². The smallest absolute Gasteiger partial charge is 0.305 e. The van der Waals surface area contributed by atoms with Crippen molar-refractivity contribution in [1.82, 2.24) is 4.90 Å². The molecule has 1 aromatic carbocycles. The van der Waals surface area contributed by atoms with E-state index in [1.165, 1.54) is 11.0 Å². The summed E-state index contributed by atoms with van der Waals surface area (Å²) in [6, 6.07) is 3.56. The van der Waals surface area contributed by atoms with Crippen LogP contribution in [0.25, 0.3) is 0 Å². The van der Waals surface area contributed by atoms with E-state index in [9.17, 15) is 34.8 Å². The summed E-state index contributed by atoms with van der Waals surface area (Å²) < 4.78 is 5.85. The summed E-state index contributed by atoms with van der Waals surface area (Å²) in [6.07, 6.45) is -1.72. The van der Waals surface area contributed by atoms with Gasteiger partial charge in [0.2, 0.25) is 5.91 Å². The van der Waals surface area contributed by atoms with Gasteiger partial charge in [-0.3, -0.25) is 19.3 Å². The van der Waals surface area contributed by atoms with Crippen LogP contribution in [0.1, 0.15) is 48.5 Å². The van der Waals surface area contributed by atoms with E-state index >= 15 is 0 Å². The number of aliphatic hydroxyl groups excluding tert-OH is 2. The number of fused-ring (bicyclic) bond motifs is 3. The Labute approximate surface area is 202 Å². The van der Waals surface area contributed by atoms with Crippen LogP contribution in [-0.2, 0) is 14.3 Å². The molecule has 6 unspecified atom stereocenters. The Morgan fingerprint density at radius 2 is 1.89 bits per heavy atom. The van der Waals surface area contributed by atoms with Crippen LogP contribution in [-0.4, -0.2) is 74.8 Å². The van der Waals surface area contributed by atoms with Crippen molar-refractivity contribution in [3.05, 3.63) is 52.0 Å². The first-order valence-electron chi connectivity index (χ1n) is 11.5. The van der Waals surface area contributed by atoms with Crippen molar-refractivity contribution < 1.29 is 39.5 Å². The molecule has 35 heavy (non-hydrogen) atoms. The van der Waals surface area contributed by atoms with Crippen molar-refractivity contribution >= 4 is 17.7 Å². The summed E-state index contributed by atoms with van der Waals surface area (Å²) in [7, 11) is 3.20. The van der Waals surface area contributed by atoms with Crippen LogP contribution in [0, 0.1) is 11.8 Å². The number of hydrogen-bond acceptors (Lipinski definition) is 9. The number of hydrogen-bond donors (Lipinski definition) is 5. The lowest BCUT2D eigenvalue weighted by molar-refractivity contribution is -0.176. The number of ether oxygens (including phenoxy) is 1. The highest BCUT2D eigenvalue weighted by Gasteiger charge is 2.64. The van der Waals surface area contributed by atoms with Crippen LogP contribution in [0.3, 0.4) is 0 Å². The minimum atomic E-state index is -2.26. The molecule has 3 aliphatic carbocycles. The number of nitrogens with two attached hydrogens (primary N) is 1. The van der Waals surface area contributed by atoms with Gasteiger partial charge in [0.15, 0.2) is 5.78 Å². The summed E-state index contributed by atoms with van der Waals surface area (Å²) in [4.78, 5) is 39.9. The fraction of sp³-hybridized carbons (Fsp3) is 0.480. The summed E-state index contributed by atoms with van der Waals surface area (Å²) in [5, 5.41) is 44.9. The topological polar surface area (TPSA) is 171 Å². The lowest BCUT2D eigenvalue weighted by Crippen LogP contribution is -2.65. The molecule has 6 N–H and O–H groups in total. The molecule has 1 aromatic rings. The van der Waals surface area contributed by atoms with Gasteiger partial charge < -0.3 is 30.9 Å². The zero-order chi connectivity index (χ0) is 26.0. The number of ketones is 1. The molecule has 10 heteroatoms. The summed E-state index contributed by atoms with van der Waals surface area (Å²) in [5.41, 5.74) is 3.23. The van der Waals surface area contributed by atoms with Crippen LogP contribution >= 0.6 is 0 Å². The van der Waals surface area contributed by atoms with E-state index in [0.29, 0.717) is 5.56 Å². The zero-order valence-corrected chi connectivity index (χ0v) is 20.0. The first-order chi connectivity index (χ1) is 16.4. The molecular formula is C25H30N2O8. The number of carbonyl (C=O) groups excluding carboxylic acids is 3. The van der Waals surface area contributed by atoms with E-state index < -0.39 is 65.3 Å². The monoisotopic (exact) mass is 486 g/mol. The Morgan fingerprint density at radius 3 is 2.46 bits per heavy atom. The highest BCUT2D eigenvalue weighted by Crippen LogP contribution is 2.57. The van der Waals surface area contributed by atoms with Gasteiger partial charge in [0.1, 0.15) is 29.0 Å². The molecule has 10 nitrogen and oxygen atoms in total. The Balaban J connectivity index is 2.05. The SMILES string of the molecule is CCC(=O)OC1C2C(=C(O)C3(O)CC(C(N)=O)=C(O)C(N(C)C)C13)C(=O)c1c(O)cccc1C2C. The van der Waals surface area contributed by atoms with Gasteiger partial charge in [0.25, 0.3) is 0 Å². The second kappa shape index (κ2) is 8.39. The molecular weight excluding hydrogens is 456 g/mol. The number of aromatic hydroxyl groups is 1. The summed E-state index contributed by atoms with van der Waals surface area (Å²) in [5.74, 6) is -6.18. The highest BCUT2D eigenvalue weighted by atomic mass is 16.5. The molecule has 0 aliphatic heterocycles. The van der Waals surface area contributed by atoms with Gasteiger partial charge in [-0.25, -0.2) is 0 Å². The maximum atomic E-state index is 13.6. The van der Waals surface area contributed by atoms with Crippen molar-refractivity contribution in [3.8, 4) is 5.75 Å². The van der Waals surface area contributed by atoms with Crippen LogP contribution in [0.4, 0.5) is 0 Å². The Morgan fingerprint density at radius 1 is 1.23 bits per heavy atom. The molecule has 0 bridgehead atoms. The van der Waals surface area contributed by atoms with Crippen LogP contribution in [0.15, 0.2) is 40.9 Å². The number of amides is 1. The molecule has 0 saturated carbocycles. The maximum Gasteiger partial charge on any atom is 0.305 e. The predicted octanol–water partition coefficient (Wildman–Crippen LogP) is 1.43. The molecule has 0 heterocycles. The number of Topliss-reactive ketones (excluding diaryl/α,β-unsaturated/α-hetero) is 1. The Kier molecular flexibility index (Phi) is 5.93. The number of esters is 1. The van der Waals surface area contributed by atoms with Crippen LogP contribution in [0.5, 0.6) is 5.75 Å². The van der Waals surface area contributed by atoms with Gasteiger partial charge in [0, 0.05) is 24.3 Å². The number of rotatable bonds is 4. The van der Waals surface area contributed by atoms with Crippen molar-refractivity contribution in [1.29, 1.82) is 0 Å². The van der Waals surface area contributed by atoms with Crippen molar-refractivity contribution in [3.63, 3.8) is 0 Å². The molecule has 6 atom stereocenters. The molecule has 0 spiro atoms. The number of phenolic OH excluding ortho intramolecular Hbond substituents is 1. The lowest BCUT2D eigenvalue weighted by atomic mass is 9.55. The van der Waals surface area contributed by atoms with E-state index in [-0.39, 0.29) is 34.6 Å². The zero-order valence-electron chi connectivity index (χ0n) is 20.0. The number of primary amides is 1. The van der Waals surface area contributed by atoms with E-state index in [1.54, 1.807) is 40.1 Å². The van der Waals surface area contributed by atoms with Gasteiger partial charge in [-0.1, -0.05) is 26.0 Å². The van der Waals surface area contributed by atoms with Gasteiger partial charge in [-0.15, -0.1) is 0 Å². The molecule has 0 saturated heterocycles. The number of nitrogens with zero attached hydrogens (tertiary/aromatic N) is 1. The van der Waals surface area contributed by atoms with Gasteiger partial charge >= 0.3 is 5.97 Å². The van der Waals surface area contributed by atoms with Gasteiger partial charge in [0.05, 0.1) is 23.1 Å². The third kappa shape index (κ3) is 3.42. The second-order valence-electron chi connectivity index (χ2n) is 9.72. The average Bonchev–Trinajstić information content (AvgIpc) is 2.79. The van der Waals surface area contributed by atoms with Crippen molar-refractivity contribution in [2.45, 2.75) is 50.4 Å². The number of carbonyl (C=O) groups is 3. The maximum absolute atomic E-state index is 13.6. The summed E-state index contributed by atoms with van der Waals surface area (Å²) >= 11 is 0. The average molecular weight is 487 g/mol. The van der Waals surface area contributed by atoms with E-state index in [1.807, 2.05) is 0 Å². The number of aliphatic hydroxyl groups is 3. The van der Waals surface area contributed by atoms with Gasteiger partial charge in [-0.2, -0.15) is 0 Å². The normalized spacial score (nSPS) is 32.2. The van der Waals surface area contributed by atoms with E-state index in [4.69, 9.17) is 10.5 Å². The first-order valence-corrected chi connectivity index (χ1v) is 11.5. The second-order valence-corrected chi connectivity index (χ2v) is 9.72. The Bertz CT molecular complexity index is 1190. The third-order valence-electron chi connectivity index (χ3n) is 7.62. The molecule has 4 rings (SSSR count). The van der Waals surface area contributed by atoms with Crippen LogP contribution in [0.2, 0.25) is 0 Å². The fourth-order valence-electron chi connectivity index (χ4n) is 6.03. The highest BCUT2D eigenvalue weighted by molar-refractivity contribution is 6.14. The number of likely N-dealkylation sites (N-methyl/N-ethyl adjacent to an activating group) is 1. The minimum absolute atomic E-state index is 0.00565. The first kappa shape index (κ1) is 24.7. The fourth-order valence-corrected chi connectivity index (χ4v) is 6.03. The predicted molar refractivity (Wildman–Crippen MR) is 124 cm³/mol. The molecule has 0 aromatic heterocycles. The summed E-state index contributed by atoms with van der Waals surface area (Å²) in [6.45, 7) is 3.37. The lowest BCUT2D eigenvalue weighted by Gasteiger charge is -2.55. The Hall–Kier alpha value is -3.37. The molecule has 3 aliphatic rings. The third-order valence-corrected chi connectivity index (χ3v) is 7.62. The molecule has 0 radical (unpaired) electrons. The standard InChI is InChI=1S/C25H30N2O8/c1-5-14(29)35-22-15-10(2)11-7-6-8-13(28)16(11)21(31)17(15)23(32)25(34)9-12(24(26)33)20(30)19(18(22)25)27(3)4/h6-8,10,15,18-19,22,28,30,32,34H,5,9H2,1-4H3,(H2,26,33). The molecule has 1 amide bonds. The molecule has 188 valence electrons.